The summed E-state index contributed by atoms with van der Waals surface area (Å²) >= 11 is 0. The van der Waals surface area contributed by atoms with Crippen LogP contribution in [-0.2, 0) is 32.6 Å². The van der Waals surface area contributed by atoms with E-state index in [0.29, 0.717) is 5.56 Å². The molecule has 4 aromatic rings. The molecule has 4 aromatic carbocycles. The molecule has 0 saturated heterocycles. The Kier molecular flexibility index (Phi) is 11.2. The maximum atomic E-state index is 14.7. The first-order valence-corrected chi connectivity index (χ1v) is 17.6. The molecule has 0 bridgehead atoms. The van der Waals surface area contributed by atoms with E-state index in [0.717, 1.165) is 46.7 Å². The van der Waals surface area contributed by atoms with Crippen molar-refractivity contribution in [1.82, 2.24) is 10.2 Å². The van der Waals surface area contributed by atoms with Crippen molar-refractivity contribution in [2.24, 2.45) is 0 Å². The van der Waals surface area contributed by atoms with Gasteiger partial charge in [-0.05, 0) is 79.8 Å². The maximum absolute atomic E-state index is 14.7. The molecule has 0 radical (unpaired) electrons. The molecule has 48 heavy (non-hydrogen) atoms. The Hall–Kier alpha value is -4.70. The third kappa shape index (κ3) is 8.41. The number of hydrogen-bond donors (Lipinski definition) is 1. The van der Waals surface area contributed by atoms with Gasteiger partial charge in [-0.1, -0.05) is 79.1 Å². The summed E-state index contributed by atoms with van der Waals surface area (Å²) in [6.07, 6.45) is 3.93. The smallest absolute Gasteiger partial charge is 0.264 e. The molecular formula is C38H42FN3O5S. The van der Waals surface area contributed by atoms with Gasteiger partial charge in [0.1, 0.15) is 24.2 Å². The molecule has 1 N–H and O–H groups in total. The number of aryl methyl sites for hydroxylation is 2. The van der Waals surface area contributed by atoms with Gasteiger partial charge in [-0.15, -0.1) is 0 Å². The molecule has 1 saturated carbocycles. The molecule has 1 atom stereocenters. The van der Waals surface area contributed by atoms with Crippen molar-refractivity contribution in [3.8, 4) is 5.75 Å². The molecule has 0 spiro atoms. The van der Waals surface area contributed by atoms with Crippen LogP contribution >= 0.6 is 0 Å². The third-order valence-corrected chi connectivity index (χ3v) is 10.5. The first-order chi connectivity index (χ1) is 23.0. The highest BCUT2D eigenvalue weighted by molar-refractivity contribution is 7.92. The van der Waals surface area contributed by atoms with Crippen molar-refractivity contribution in [2.45, 2.75) is 69.5 Å². The number of carbonyl (C=O) groups excluding carboxylic acids is 2. The van der Waals surface area contributed by atoms with Gasteiger partial charge in [0, 0.05) is 19.0 Å². The Bertz CT molecular complexity index is 1810. The molecule has 0 unspecified atom stereocenters. The predicted octanol–water partition coefficient (Wildman–Crippen LogP) is 6.35. The van der Waals surface area contributed by atoms with E-state index >= 15 is 0 Å². The minimum atomic E-state index is -4.30. The number of rotatable bonds is 13. The Morgan fingerprint density at radius 1 is 0.875 bits per heavy atom. The van der Waals surface area contributed by atoms with Crippen LogP contribution < -0.4 is 14.4 Å². The predicted molar refractivity (Wildman–Crippen MR) is 185 cm³/mol. The average molecular weight is 672 g/mol. The highest BCUT2D eigenvalue weighted by Gasteiger charge is 2.36. The summed E-state index contributed by atoms with van der Waals surface area (Å²) in [5.41, 5.74) is 3.28. The molecule has 2 amide bonds. The van der Waals surface area contributed by atoms with E-state index in [2.05, 4.69) is 5.32 Å². The van der Waals surface area contributed by atoms with E-state index in [1.165, 1.54) is 36.3 Å². The molecule has 1 aliphatic carbocycles. The van der Waals surface area contributed by atoms with Gasteiger partial charge in [-0.25, -0.2) is 12.8 Å². The van der Waals surface area contributed by atoms with E-state index < -0.39 is 34.3 Å². The lowest BCUT2D eigenvalue weighted by Gasteiger charge is -2.34. The fourth-order valence-electron chi connectivity index (χ4n) is 6.05. The van der Waals surface area contributed by atoms with Gasteiger partial charge in [-0.3, -0.25) is 13.9 Å². The number of amides is 2. The summed E-state index contributed by atoms with van der Waals surface area (Å²) in [4.78, 5) is 30.3. The molecule has 5 rings (SSSR count). The van der Waals surface area contributed by atoms with Crippen LogP contribution in [0.2, 0.25) is 0 Å². The lowest BCUT2D eigenvalue weighted by Crippen LogP contribution is -2.54. The van der Waals surface area contributed by atoms with Gasteiger partial charge in [-0.2, -0.15) is 0 Å². The second-order valence-electron chi connectivity index (χ2n) is 12.3. The second kappa shape index (κ2) is 15.5. The normalized spacial score (nSPS) is 13.9. The fourth-order valence-corrected chi connectivity index (χ4v) is 7.47. The number of hydrogen-bond acceptors (Lipinski definition) is 5. The summed E-state index contributed by atoms with van der Waals surface area (Å²) in [7, 11) is -2.85. The Morgan fingerprint density at radius 2 is 1.52 bits per heavy atom. The van der Waals surface area contributed by atoms with Gasteiger partial charge in [0.2, 0.25) is 11.8 Å². The van der Waals surface area contributed by atoms with Crippen molar-refractivity contribution >= 4 is 27.5 Å². The average Bonchev–Trinajstić information content (AvgIpc) is 3.59. The highest BCUT2D eigenvalue weighted by atomic mass is 32.2. The van der Waals surface area contributed by atoms with Gasteiger partial charge in [0.25, 0.3) is 10.0 Å². The van der Waals surface area contributed by atoms with Crippen molar-refractivity contribution in [2.75, 3.05) is 18.0 Å². The summed E-state index contributed by atoms with van der Waals surface area (Å²) in [6, 6.07) is 25.7. The van der Waals surface area contributed by atoms with Crippen molar-refractivity contribution < 1.29 is 27.1 Å². The topological polar surface area (TPSA) is 96.0 Å². The first kappa shape index (κ1) is 34.6. The Balaban J connectivity index is 1.60. The standard InChI is InChI=1S/C38H42FN3O5S/c1-27-13-20-33(21-14-27)48(45,46)42(34-23-28(2)15-22-36(34)47-3)26-37(43)41(25-30-16-18-31(39)19-17-30)35(24-29-9-5-4-6-10-29)38(44)40-32-11-7-8-12-32/h4-6,9-10,13-23,32,35H,7-8,11-12,24-26H2,1-3H3,(H,40,44)/t35-/m1/s1. The molecule has 10 heteroatoms. The number of halogens is 1. The zero-order chi connectivity index (χ0) is 34.3. The molecule has 0 heterocycles. The van der Waals surface area contributed by atoms with Gasteiger partial charge in [0.05, 0.1) is 17.7 Å². The number of sulfonamides is 1. The maximum Gasteiger partial charge on any atom is 0.264 e. The number of nitrogens with zero attached hydrogens (tertiary/aromatic N) is 2. The number of carbonyl (C=O) groups is 2. The molecule has 1 aliphatic rings. The Morgan fingerprint density at radius 3 is 2.17 bits per heavy atom. The van der Waals surface area contributed by atoms with Crippen LogP contribution in [0.4, 0.5) is 10.1 Å². The van der Waals surface area contributed by atoms with Crippen LogP contribution in [0, 0.1) is 19.7 Å². The second-order valence-corrected chi connectivity index (χ2v) is 14.2. The third-order valence-electron chi connectivity index (χ3n) is 8.73. The van der Waals surface area contributed by atoms with E-state index in [-0.39, 0.29) is 41.2 Å². The van der Waals surface area contributed by atoms with Crippen molar-refractivity contribution in [1.29, 1.82) is 0 Å². The van der Waals surface area contributed by atoms with Crippen LogP contribution in [0.3, 0.4) is 0 Å². The summed E-state index contributed by atoms with van der Waals surface area (Å²) in [5, 5.41) is 3.16. The van der Waals surface area contributed by atoms with Crippen molar-refractivity contribution in [3.63, 3.8) is 0 Å². The number of benzene rings is 4. The number of methoxy groups -OCH3 is 1. The molecular weight excluding hydrogens is 629 g/mol. The lowest BCUT2D eigenvalue weighted by molar-refractivity contribution is -0.140. The minimum Gasteiger partial charge on any atom is -0.495 e. The first-order valence-electron chi connectivity index (χ1n) is 16.2. The molecule has 1 fully saturated rings. The Labute approximate surface area is 282 Å². The van der Waals surface area contributed by atoms with Gasteiger partial charge >= 0.3 is 0 Å². The summed E-state index contributed by atoms with van der Waals surface area (Å²) in [5.74, 6) is -1.07. The van der Waals surface area contributed by atoms with Crippen LogP contribution in [-0.4, -0.2) is 50.9 Å². The van der Waals surface area contributed by atoms with Gasteiger partial charge in [0.15, 0.2) is 0 Å². The number of anilines is 1. The quantitative estimate of drug-likeness (QED) is 0.179. The molecule has 252 valence electrons. The molecule has 0 aromatic heterocycles. The minimum absolute atomic E-state index is 0.00600. The fraction of sp³-hybridized carbons (Fsp3) is 0.316. The van der Waals surface area contributed by atoms with Crippen LogP contribution in [0.1, 0.15) is 47.9 Å². The molecule has 0 aliphatic heterocycles. The monoisotopic (exact) mass is 671 g/mol. The highest BCUT2D eigenvalue weighted by Crippen LogP contribution is 2.34. The summed E-state index contributed by atoms with van der Waals surface area (Å²) < 4.78 is 49.3. The van der Waals surface area contributed by atoms with E-state index in [9.17, 15) is 22.4 Å². The van der Waals surface area contributed by atoms with E-state index in [1.54, 1.807) is 42.5 Å². The zero-order valence-electron chi connectivity index (χ0n) is 27.6. The number of ether oxygens (including phenoxy) is 1. The van der Waals surface area contributed by atoms with E-state index in [1.807, 2.05) is 44.2 Å². The number of nitrogens with one attached hydrogen (secondary N) is 1. The van der Waals surface area contributed by atoms with Crippen molar-refractivity contribution in [3.05, 3.63) is 125 Å². The van der Waals surface area contributed by atoms with Crippen LogP contribution in [0.5, 0.6) is 5.75 Å². The zero-order valence-corrected chi connectivity index (χ0v) is 28.4. The summed E-state index contributed by atoms with van der Waals surface area (Å²) in [6.45, 7) is 3.03. The van der Waals surface area contributed by atoms with E-state index in [4.69, 9.17) is 4.74 Å². The molecule has 8 nitrogen and oxygen atoms in total. The largest absolute Gasteiger partial charge is 0.495 e. The van der Waals surface area contributed by atoms with Crippen LogP contribution in [0.15, 0.2) is 102 Å². The van der Waals surface area contributed by atoms with Crippen LogP contribution in [0.25, 0.3) is 0 Å². The van der Waals surface area contributed by atoms with Gasteiger partial charge < -0.3 is 15.0 Å². The lowest BCUT2D eigenvalue weighted by atomic mass is 10.0. The SMILES string of the molecule is COc1ccc(C)cc1N(CC(=O)N(Cc1ccc(F)cc1)[C@H](Cc1ccccc1)C(=O)NC1CCCC1)S(=O)(=O)c1ccc(C)cc1.